The molecule has 0 saturated carbocycles. The molecule has 7 heteroatoms. The summed E-state index contributed by atoms with van der Waals surface area (Å²) in [6.45, 7) is 0. The molecule has 0 heterocycles. The molecule has 0 unspecified atom stereocenters. The monoisotopic (exact) mass is 196 g/mol. The van der Waals surface area contributed by atoms with E-state index in [4.69, 9.17) is 5.26 Å². The summed E-state index contributed by atoms with van der Waals surface area (Å²) < 4.78 is 33.2. The average molecular weight is 196 g/mol. The minimum Gasteiger partial charge on any atom is -0.725 e. The fraction of sp³-hybridized carbons (Fsp3) is 0.750. The number of unbranched alkanes of at least 4 members (excludes halogenated alkanes) is 1. The van der Waals surface area contributed by atoms with Crippen molar-refractivity contribution >= 4 is 22.4 Å². The van der Waals surface area contributed by atoms with E-state index < -0.39 is 10.4 Å². The second kappa shape index (κ2) is 5.37. The van der Waals surface area contributed by atoms with Crippen molar-refractivity contribution < 1.29 is 16.6 Å². The highest BCUT2D eigenvalue weighted by Gasteiger charge is 1.94. The maximum absolute atomic E-state index is 9.80. The number of nitrogens with zero attached hydrogens (tertiary/aromatic N) is 1. The third-order valence-electron chi connectivity index (χ3n) is 0.648. The molecule has 0 fully saturated rings. The Bertz CT molecular complexity index is 229. The topological polar surface area (TPSA) is 90.2 Å². The molecule has 0 bridgehead atoms. The van der Waals surface area contributed by atoms with Crippen LogP contribution in [-0.2, 0) is 14.0 Å². The van der Waals surface area contributed by atoms with Gasteiger partial charge in [-0.15, -0.1) is 0 Å². The number of nitriles is 1. The molecule has 0 rings (SSSR count). The van der Waals surface area contributed by atoms with Crippen molar-refractivity contribution in [2.45, 2.75) is 12.8 Å². The molecule has 0 amide bonds. The highest BCUT2D eigenvalue weighted by Crippen LogP contribution is 2.08. The summed E-state index contributed by atoms with van der Waals surface area (Å²) in [5.41, 5.74) is 0. The molecule has 5 nitrogen and oxygen atoms in total. The van der Waals surface area contributed by atoms with E-state index in [0.717, 1.165) is 0 Å². The molecule has 0 aliphatic rings. The van der Waals surface area contributed by atoms with E-state index in [0.29, 0.717) is 30.6 Å². The van der Waals surface area contributed by atoms with Gasteiger partial charge in [0.15, 0.2) is 0 Å². The van der Waals surface area contributed by atoms with Crippen LogP contribution in [-0.4, -0.2) is 18.7 Å². The molecule has 0 radical (unpaired) electrons. The molecule has 0 aliphatic carbocycles. The molecular weight excluding hydrogens is 190 g/mol. The average Bonchev–Trinajstić information content (AvgIpc) is 1.85. The number of hydrogen-bond acceptors (Lipinski definition) is 6. The lowest BCUT2D eigenvalue weighted by Crippen LogP contribution is -1.97. The second-order valence-corrected chi connectivity index (χ2v) is 3.56. The Balaban J connectivity index is 3.24. The van der Waals surface area contributed by atoms with Gasteiger partial charge in [-0.05, 0) is 6.42 Å². The van der Waals surface area contributed by atoms with Gasteiger partial charge in [-0.3, -0.25) is 0 Å². The first-order valence-corrected chi connectivity index (χ1v) is 4.94. The van der Waals surface area contributed by atoms with Gasteiger partial charge in [0.05, 0.1) is 6.07 Å². The van der Waals surface area contributed by atoms with Crippen molar-refractivity contribution in [1.29, 1.82) is 5.26 Å². The van der Waals surface area contributed by atoms with Gasteiger partial charge in [0, 0.05) is 24.2 Å². The van der Waals surface area contributed by atoms with Gasteiger partial charge in [0.1, 0.15) is 0 Å². The van der Waals surface area contributed by atoms with Gasteiger partial charge >= 0.3 is 0 Å². The normalized spacial score (nSPS) is 10.9. The SMILES string of the molecule is N#CCCCSOS(=O)(=O)[O-]. The van der Waals surface area contributed by atoms with Crippen LogP contribution in [0, 0.1) is 11.3 Å². The predicted octanol–water partition coefficient (Wildman–Crippen LogP) is 0.415. The van der Waals surface area contributed by atoms with E-state index in [-0.39, 0.29) is 0 Å². The van der Waals surface area contributed by atoms with Crippen molar-refractivity contribution in [2.24, 2.45) is 0 Å². The van der Waals surface area contributed by atoms with Crippen LogP contribution in [0.1, 0.15) is 12.8 Å². The minimum absolute atomic E-state index is 0.328. The van der Waals surface area contributed by atoms with Crippen molar-refractivity contribution in [2.75, 3.05) is 5.75 Å². The van der Waals surface area contributed by atoms with Crippen LogP contribution in [0.15, 0.2) is 0 Å². The van der Waals surface area contributed by atoms with Gasteiger partial charge in [0.25, 0.3) is 0 Å². The third kappa shape index (κ3) is 9.71. The number of rotatable bonds is 5. The minimum atomic E-state index is -4.58. The van der Waals surface area contributed by atoms with Gasteiger partial charge in [-0.1, -0.05) is 0 Å². The molecule has 0 aromatic heterocycles. The molecule has 11 heavy (non-hydrogen) atoms. The summed E-state index contributed by atoms with van der Waals surface area (Å²) >= 11 is 0.549. The smallest absolute Gasteiger partial charge is 0.228 e. The lowest BCUT2D eigenvalue weighted by Gasteiger charge is -2.03. The zero-order valence-corrected chi connectivity index (χ0v) is 7.15. The Morgan fingerprint density at radius 3 is 2.73 bits per heavy atom. The molecule has 0 spiro atoms. The van der Waals surface area contributed by atoms with Crippen LogP contribution in [0.2, 0.25) is 0 Å². The van der Waals surface area contributed by atoms with E-state index >= 15 is 0 Å². The zero-order valence-electron chi connectivity index (χ0n) is 5.52. The van der Waals surface area contributed by atoms with Gasteiger partial charge in [-0.2, -0.15) is 5.26 Å². The van der Waals surface area contributed by atoms with Crippen LogP contribution in [0.4, 0.5) is 0 Å². The van der Waals surface area contributed by atoms with Gasteiger partial charge < -0.3 is 4.55 Å². The molecule has 64 valence electrons. The maximum Gasteiger partial charge on any atom is 0.228 e. The summed E-state index contributed by atoms with van der Waals surface area (Å²) in [5, 5.41) is 8.05. The third-order valence-corrected chi connectivity index (χ3v) is 2.15. The number of hydrogen-bond donors (Lipinski definition) is 0. The Hall–Kier alpha value is -0.290. The van der Waals surface area contributed by atoms with Crippen LogP contribution in [0.3, 0.4) is 0 Å². The first kappa shape index (κ1) is 10.7. The van der Waals surface area contributed by atoms with Crippen molar-refractivity contribution in [3.63, 3.8) is 0 Å². The molecule has 0 saturated heterocycles. The van der Waals surface area contributed by atoms with Gasteiger partial charge in [0.2, 0.25) is 10.4 Å². The quantitative estimate of drug-likeness (QED) is 0.274. The molecular formula is C4H6NO4S2-. The van der Waals surface area contributed by atoms with Crippen molar-refractivity contribution in [3.8, 4) is 6.07 Å². The highest BCUT2D eigenvalue weighted by atomic mass is 32.3. The zero-order chi connectivity index (χ0) is 8.74. The molecule has 0 N–H and O–H groups in total. The van der Waals surface area contributed by atoms with E-state index in [1.807, 2.05) is 6.07 Å². The van der Waals surface area contributed by atoms with Gasteiger partial charge in [-0.25, -0.2) is 12.0 Å². The second-order valence-electron chi connectivity index (χ2n) is 1.56. The Labute approximate surface area is 69.5 Å². The van der Waals surface area contributed by atoms with Crippen LogP contribution in [0.25, 0.3) is 0 Å². The van der Waals surface area contributed by atoms with E-state index in [2.05, 4.69) is 3.63 Å². The molecule has 0 aliphatic heterocycles. The summed E-state index contributed by atoms with van der Waals surface area (Å²) in [4.78, 5) is 0. The Morgan fingerprint density at radius 1 is 1.64 bits per heavy atom. The standard InChI is InChI=1S/C4H7NO4S2/c5-3-1-2-4-10-9-11(6,7)8/h1-2,4H2,(H,6,7,8)/p-1. The largest absolute Gasteiger partial charge is 0.725 e. The van der Waals surface area contributed by atoms with E-state index in [1.165, 1.54) is 0 Å². The Morgan fingerprint density at radius 2 is 2.27 bits per heavy atom. The fourth-order valence-corrected chi connectivity index (χ4v) is 1.31. The first-order chi connectivity index (χ1) is 5.06. The Kier molecular flexibility index (Phi) is 5.23. The summed E-state index contributed by atoms with van der Waals surface area (Å²) in [7, 11) is -4.58. The highest BCUT2D eigenvalue weighted by molar-refractivity contribution is 8.02. The summed E-state index contributed by atoms with van der Waals surface area (Å²) in [6, 6.07) is 1.87. The molecule has 0 aromatic carbocycles. The first-order valence-electron chi connectivity index (χ1n) is 2.70. The predicted molar refractivity (Wildman–Crippen MR) is 38.1 cm³/mol. The van der Waals surface area contributed by atoms with E-state index in [9.17, 15) is 13.0 Å². The van der Waals surface area contributed by atoms with Crippen LogP contribution in [0.5, 0.6) is 0 Å². The van der Waals surface area contributed by atoms with E-state index in [1.54, 1.807) is 0 Å². The van der Waals surface area contributed by atoms with Crippen LogP contribution >= 0.6 is 12.0 Å². The molecule has 0 atom stereocenters. The van der Waals surface area contributed by atoms with Crippen molar-refractivity contribution in [1.82, 2.24) is 0 Å². The lowest BCUT2D eigenvalue weighted by molar-refractivity contribution is 0.391. The maximum atomic E-state index is 9.80. The van der Waals surface area contributed by atoms with Crippen LogP contribution < -0.4 is 0 Å². The lowest BCUT2D eigenvalue weighted by atomic mass is 10.4. The fourth-order valence-electron chi connectivity index (χ4n) is 0.303. The summed E-state index contributed by atoms with van der Waals surface area (Å²) in [6.07, 6.45) is 0.839. The summed E-state index contributed by atoms with van der Waals surface area (Å²) in [5.74, 6) is 0.328. The molecule has 0 aromatic rings. The van der Waals surface area contributed by atoms with Crippen molar-refractivity contribution in [3.05, 3.63) is 0 Å².